The van der Waals surface area contributed by atoms with Gasteiger partial charge in [-0.15, -0.1) is 0 Å². The molecule has 0 spiro atoms. The molecule has 2 aromatic carbocycles. The number of carbonyl (C=O) groups is 1. The Bertz CT molecular complexity index is 1660. The molecule has 0 saturated carbocycles. The molecule has 4 rings (SSSR count). The first-order valence-corrected chi connectivity index (χ1v) is 10.7. The maximum Gasteiger partial charge on any atom is 0.511 e. The minimum atomic E-state index is -4.65. The maximum absolute atomic E-state index is 13.3. The fourth-order valence-corrected chi connectivity index (χ4v) is 4.58. The molecule has 35 heavy (non-hydrogen) atoms. The molecule has 0 amide bonds. The highest BCUT2D eigenvalue weighted by molar-refractivity contribution is 7.16. The van der Waals surface area contributed by atoms with Crippen LogP contribution in [0, 0.1) is 6.92 Å². The minimum Gasteiger partial charge on any atom is -0.449 e. The highest BCUT2D eigenvalue weighted by Gasteiger charge is 2.33. The fraction of sp³-hybridized carbons (Fsp3) is 0.182. The van der Waals surface area contributed by atoms with Gasteiger partial charge in [-0.3, -0.25) is 18.7 Å². The molecule has 1 N–H and O–H groups in total. The van der Waals surface area contributed by atoms with Gasteiger partial charge in [0.1, 0.15) is 0 Å². The van der Waals surface area contributed by atoms with E-state index in [0.29, 0.717) is 14.8 Å². The van der Waals surface area contributed by atoms with Gasteiger partial charge in [-0.1, -0.05) is 23.5 Å². The van der Waals surface area contributed by atoms with Crippen molar-refractivity contribution in [3.63, 3.8) is 0 Å². The van der Waals surface area contributed by atoms with Gasteiger partial charge in [0, 0.05) is 7.05 Å². The molecule has 9 nitrogen and oxygen atoms in total. The standard InChI is InChI=1S/C22H16F3N3O6S/c1-11-12(4-3-5-14(11)22(23,24)25)9-28-18(29)16(34-21(32)33)10-27(19(28)30)13-6-7-15-17(8-13)35-20(31)26(15)2/h3-8,10H,9H2,1-2H3,(H,32,33). The van der Waals surface area contributed by atoms with Crippen molar-refractivity contribution >= 4 is 27.7 Å². The molecule has 2 aromatic heterocycles. The summed E-state index contributed by atoms with van der Waals surface area (Å²) in [7, 11) is 1.57. The summed E-state index contributed by atoms with van der Waals surface area (Å²) >= 11 is 0.916. The summed E-state index contributed by atoms with van der Waals surface area (Å²) in [6.07, 6.45) is -5.57. The molecule has 0 aliphatic carbocycles. The number of thiazole rings is 1. The third-order valence-corrected chi connectivity index (χ3v) is 6.47. The van der Waals surface area contributed by atoms with E-state index in [-0.39, 0.29) is 21.7 Å². The van der Waals surface area contributed by atoms with Gasteiger partial charge in [-0.05, 0) is 42.3 Å². The van der Waals surface area contributed by atoms with Gasteiger partial charge in [0.2, 0.25) is 5.75 Å². The van der Waals surface area contributed by atoms with Crippen LogP contribution in [0.5, 0.6) is 5.75 Å². The van der Waals surface area contributed by atoms with E-state index in [9.17, 15) is 32.3 Å². The van der Waals surface area contributed by atoms with Gasteiger partial charge in [0.25, 0.3) is 5.56 Å². The van der Waals surface area contributed by atoms with Crippen LogP contribution in [0.15, 0.2) is 57.0 Å². The van der Waals surface area contributed by atoms with Crippen LogP contribution in [-0.4, -0.2) is 25.0 Å². The number of hydrogen-bond acceptors (Lipinski definition) is 6. The third-order valence-electron chi connectivity index (χ3n) is 5.47. The van der Waals surface area contributed by atoms with E-state index in [1.165, 1.54) is 29.7 Å². The predicted molar refractivity (Wildman–Crippen MR) is 121 cm³/mol. The normalized spacial score (nSPS) is 11.7. The van der Waals surface area contributed by atoms with Crippen LogP contribution < -0.4 is 20.9 Å². The SMILES string of the molecule is Cc1c(Cn2c(=O)c(OC(=O)O)cn(-c3ccc4c(c3)sc(=O)n4C)c2=O)cccc1C(F)(F)F. The second kappa shape index (κ2) is 8.58. The summed E-state index contributed by atoms with van der Waals surface area (Å²) in [5.41, 5.74) is -2.36. The van der Waals surface area contributed by atoms with Gasteiger partial charge >= 0.3 is 22.9 Å². The largest absolute Gasteiger partial charge is 0.511 e. The van der Waals surface area contributed by atoms with E-state index in [4.69, 9.17) is 5.11 Å². The summed E-state index contributed by atoms with van der Waals surface area (Å²) in [5, 5.41) is 9.03. The van der Waals surface area contributed by atoms with Crippen molar-refractivity contribution in [2.24, 2.45) is 7.05 Å². The quantitative estimate of drug-likeness (QED) is 0.424. The summed E-state index contributed by atoms with van der Waals surface area (Å²) in [6.45, 7) is 0.649. The van der Waals surface area contributed by atoms with Crippen LogP contribution >= 0.6 is 11.3 Å². The maximum atomic E-state index is 13.3. The van der Waals surface area contributed by atoms with Crippen molar-refractivity contribution in [2.45, 2.75) is 19.6 Å². The number of carboxylic acid groups (broad SMARTS) is 1. The molecule has 0 atom stereocenters. The molecule has 0 unspecified atom stereocenters. The number of alkyl halides is 3. The van der Waals surface area contributed by atoms with E-state index >= 15 is 0 Å². The Hall–Kier alpha value is -4.13. The number of fused-ring (bicyclic) bond motifs is 1. The number of halogens is 3. The molecule has 0 bridgehead atoms. The molecule has 0 fully saturated rings. The molecular formula is C22H16F3N3O6S. The zero-order valence-corrected chi connectivity index (χ0v) is 18.9. The Morgan fingerprint density at radius 1 is 1.14 bits per heavy atom. The zero-order chi connectivity index (χ0) is 25.7. The van der Waals surface area contributed by atoms with E-state index in [0.717, 1.165) is 34.2 Å². The molecule has 2 heterocycles. The summed E-state index contributed by atoms with van der Waals surface area (Å²) in [5.74, 6) is -0.719. The lowest BCUT2D eigenvalue weighted by Crippen LogP contribution is -2.40. The van der Waals surface area contributed by atoms with E-state index in [1.807, 2.05) is 0 Å². The number of nitrogens with zero attached hydrogens (tertiary/aromatic N) is 3. The average Bonchev–Trinajstić information content (AvgIpc) is 3.06. The Morgan fingerprint density at radius 2 is 1.86 bits per heavy atom. The van der Waals surface area contributed by atoms with Crippen LogP contribution in [0.2, 0.25) is 0 Å². The van der Waals surface area contributed by atoms with Crippen LogP contribution in [0.3, 0.4) is 0 Å². The van der Waals surface area contributed by atoms with E-state index < -0.39 is 41.4 Å². The monoisotopic (exact) mass is 507 g/mol. The van der Waals surface area contributed by atoms with Crippen LogP contribution in [-0.2, 0) is 19.8 Å². The number of benzene rings is 2. The molecule has 182 valence electrons. The number of ether oxygens (including phenoxy) is 1. The number of hydrogen-bond donors (Lipinski definition) is 1. The van der Waals surface area contributed by atoms with Gasteiger partial charge < -0.3 is 14.4 Å². The van der Waals surface area contributed by atoms with Crippen molar-refractivity contribution in [3.05, 3.63) is 89.8 Å². The number of rotatable bonds is 4. The third kappa shape index (κ3) is 4.37. The fourth-order valence-electron chi connectivity index (χ4n) is 3.67. The Morgan fingerprint density at radius 3 is 2.51 bits per heavy atom. The smallest absolute Gasteiger partial charge is 0.449 e. The zero-order valence-electron chi connectivity index (χ0n) is 18.1. The highest BCUT2D eigenvalue weighted by Crippen LogP contribution is 2.33. The topological polar surface area (TPSA) is 113 Å². The molecule has 0 radical (unpaired) electrons. The van der Waals surface area contributed by atoms with Crippen molar-refractivity contribution < 1.29 is 27.8 Å². The molecule has 0 saturated heterocycles. The molecule has 13 heteroatoms. The van der Waals surface area contributed by atoms with E-state index in [1.54, 1.807) is 13.1 Å². The van der Waals surface area contributed by atoms with Crippen molar-refractivity contribution in [1.82, 2.24) is 13.7 Å². The lowest BCUT2D eigenvalue weighted by molar-refractivity contribution is -0.138. The minimum absolute atomic E-state index is 0.0368. The highest BCUT2D eigenvalue weighted by atomic mass is 32.1. The molecule has 0 aliphatic rings. The van der Waals surface area contributed by atoms with Crippen molar-refractivity contribution in [2.75, 3.05) is 0 Å². The second-order valence-corrected chi connectivity index (χ2v) is 8.56. The lowest BCUT2D eigenvalue weighted by atomic mass is 10.0. The first-order valence-electron chi connectivity index (χ1n) is 9.91. The van der Waals surface area contributed by atoms with Gasteiger partial charge in [-0.2, -0.15) is 13.2 Å². The predicted octanol–water partition coefficient (Wildman–Crippen LogP) is 3.34. The van der Waals surface area contributed by atoms with Crippen LogP contribution in [0.1, 0.15) is 16.7 Å². The van der Waals surface area contributed by atoms with Gasteiger partial charge in [-0.25, -0.2) is 9.59 Å². The summed E-state index contributed by atoms with van der Waals surface area (Å²) in [6, 6.07) is 7.91. The van der Waals surface area contributed by atoms with Crippen molar-refractivity contribution in [3.8, 4) is 11.4 Å². The molecular weight excluding hydrogens is 491 g/mol. The first-order chi connectivity index (χ1) is 16.4. The van der Waals surface area contributed by atoms with Crippen LogP contribution in [0.4, 0.5) is 18.0 Å². The summed E-state index contributed by atoms with van der Waals surface area (Å²) < 4.78 is 48.0. The van der Waals surface area contributed by atoms with Gasteiger partial charge in [0.05, 0.1) is 34.2 Å². The van der Waals surface area contributed by atoms with Crippen LogP contribution in [0.25, 0.3) is 15.9 Å². The Balaban J connectivity index is 1.93. The summed E-state index contributed by atoms with van der Waals surface area (Å²) in [4.78, 5) is 49.0. The van der Waals surface area contributed by atoms with Gasteiger partial charge in [0.15, 0.2) is 0 Å². The Labute approximate surface area is 197 Å². The Kier molecular flexibility index (Phi) is 5.88. The second-order valence-electron chi connectivity index (χ2n) is 7.57. The molecule has 0 aliphatic heterocycles. The lowest BCUT2D eigenvalue weighted by Gasteiger charge is -2.16. The molecule has 4 aromatic rings. The first kappa shape index (κ1) is 24.0. The average molecular weight is 507 g/mol. The van der Waals surface area contributed by atoms with E-state index in [2.05, 4.69) is 4.74 Å². The van der Waals surface area contributed by atoms with Crippen molar-refractivity contribution in [1.29, 1.82) is 0 Å². The number of aromatic nitrogens is 3. The number of aryl methyl sites for hydroxylation is 1.